The molecule has 4 heteroatoms. The lowest BCUT2D eigenvalue weighted by molar-refractivity contribution is -0.140. The van der Waals surface area contributed by atoms with Gasteiger partial charge >= 0.3 is 0 Å². The van der Waals surface area contributed by atoms with Gasteiger partial charge in [0.2, 0.25) is 5.91 Å². The molecule has 1 aromatic carbocycles. The highest BCUT2D eigenvalue weighted by Crippen LogP contribution is 2.27. The molecular weight excluding hydrogens is 243 g/mol. The molecule has 0 spiro atoms. The van der Waals surface area contributed by atoms with E-state index in [1.807, 2.05) is 24.8 Å². The Labute approximate surface area is 113 Å². The minimum atomic E-state index is -0.316. The molecule has 3 nitrogen and oxygen atoms in total. The lowest BCUT2D eigenvalue weighted by Crippen LogP contribution is -2.43. The Hall–Kier alpha value is -1.42. The number of hydrogen-bond acceptors (Lipinski definition) is 2. The van der Waals surface area contributed by atoms with Crippen molar-refractivity contribution in [3.05, 3.63) is 35.6 Å². The van der Waals surface area contributed by atoms with E-state index in [4.69, 9.17) is 0 Å². The molecule has 0 aliphatic carbocycles. The molecule has 0 aromatic heterocycles. The number of carbonyl (C=O) groups excluding carboxylic acids is 1. The molecule has 0 radical (unpaired) electrons. The molecule has 1 saturated heterocycles. The van der Waals surface area contributed by atoms with Crippen LogP contribution in [-0.4, -0.2) is 30.4 Å². The van der Waals surface area contributed by atoms with Gasteiger partial charge in [-0.3, -0.25) is 4.79 Å². The van der Waals surface area contributed by atoms with Crippen molar-refractivity contribution in [3.63, 3.8) is 0 Å². The smallest absolute Gasteiger partial charge is 0.230 e. The lowest BCUT2D eigenvalue weighted by atomic mass is 9.88. The van der Waals surface area contributed by atoms with Gasteiger partial charge in [0.05, 0.1) is 5.41 Å². The Morgan fingerprint density at radius 1 is 1.53 bits per heavy atom. The number of carbonyl (C=O) groups is 1. The van der Waals surface area contributed by atoms with Gasteiger partial charge in [-0.15, -0.1) is 0 Å². The van der Waals surface area contributed by atoms with Crippen LogP contribution in [0.3, 0.4) is 0 Å². The van der Waals surface area contributed by atoms with Crippen molar-refractivity contribution in [1.82, 2.24) is 10.2 Å². The van der Waals surface area contributed by atoms with Crippen molar-refractivity contribution in [2.24, 2.45) is 5.41 Å². The predicted molar refractivity (Wildman–Crippen MR) is 73.1 cm³/mol. The monoisotopic (exact) mass is 264 g/mol. The van der Waals surface area contributed by atoms with E-state index in [1.165, 1.54) is 12.1 Å². The summed E-state index contributed by atoms with van der Waals surface area (Å²) in [5.41, 5.74) is 0.522. The van der Waals surface area contributed by atoms with Crippen molar-refractivity contribution in [2.75, 3.05) is 19.6 Å². The molecule has 19 heavy (non-hydrogen) atoms. The summed E-state index contributed by atoms with van der Waals surface area (Å²) >= 11 is 0. The molecule has 104 valence electrons. The van der Waals surface area contributed by atoms with Gasteiger partial charge in [0.1, 0.15) is 5.82 Å². The van der Waals surface area contributed by atoms with Crippen molar-refractivity contribution in [3.8, 4) is 0 Å². The number of benzene rings is 1. The molecular formula is C15H21FN2O. The van der Waals surface area contributed by atoms with Crippen LogP contribution in [-0.2, 0) is 11.3 Å². The Bertz CT molecular complexity index is 455. The molecule has 1 unspecified atom stereocenters. The zero-order chi connectivity index (χ0) is 13.9. The van der Waals surface area contributed by atoms with Crippen LogP contribution in [0.4, 0.5) is 4.39 Å². The average Bonchev–Trinajstić information content (AvgIpc) is 2.83. The quantitative estimate of drug-likeness (QED) is 0.904. The second-order valence-corrected chi connectivity index (χ2v) is 5.44. The first kappa shape index (κ1) is 14.0. The maximum absolute atomic E-state index is 13.2. The molecule has 0 bridgehead atoms. The van der Waals surface area contributed by atoms with E-state index in [2.05, 4.69) is 5.32 Å². The summed E-state index contributed by atoms with van der Waals surface area (Å²) in [4.78, 5) is 14.4. The lowest BCUT2D eigenvalue weighted by Gasteiger charge is -2.30. The van der Waals surface area contributed by atoms with Crippen molar-refractivity contribution in [2.45, 2.75) is 26.8 Å². The summed E-state index contributed by atoms with van der Waals surface area (Å²) in [7, 11) is 0. The second-order valence-electron chi connectivity index (χ2n) is 5.44. The normalized spacial score (nSPS) is 22.5. The number of amides is 1. The van der Waals surface area contributed by atoms with Crippen molar-refractivity contribution in [1.29, 1.82) is 0 Å². The van der Waals surface area contributed by atoms with Crippen molar-refractivity contribution < 1.29 is 9.18 Å². The highest BCUT2D eigenvalue weighted by Gasteiger charge is 2.38. The largest absolute Gasteiger partial charge is 0.338 e. The third-order valence-corrected chi connectivity index (χ3v) is 3.82. The minimum absolute atomic E-state index is 0.157. The summed E-state index contributed by atoms with van der Waals surface area (Å²) in [5, 5.41) is 3.24. The number of nitrogens with zero attached hydrogens (tertiary/aromatic N) is 1. The van der Waals surface area contributed by atoms with E-state index in [0.29, 0.717) is 13.1 Å². The Balaban J connectivity index is 2.10. The van der Waals surface area contributed by atoms with Gasteiger partial charge < -0.3 is 10.2 Å². The van der Waals surface area contributed by atoms with E-state index in [9.17, 15) is 9.18 Å². The molecule has 1 aliphatic heterocycles. The summed E-state index contributed by atoms with van der Waals surface area (Å²) < 4.78 is 13.2. The molecule has 1 aromatic rings. The van der Waals surface area contributed by atoms with Crippen LogP contribution in [0.2, 0.25) is 0 Å². The first-order valence-corrected chi connectivity index (χ1v) is 6.80. The average molecular weight is 264 g/mol. The van der Waals surface area contributed by atoms with Gasteiger partial charge in [-0.1, -0.05) is 12.1 Å². The molecule has 2 rings (SSSR count). The van der Waals surface area contributed by atoms with Gasteiger partial charge in [-0.05, 0) is 44.5 Å². The predicted octanol–water partition coefficient (Wildman–Crippen LogP) is 2.17. The van der Waals surface area contributed by atoms with E-state index < -0.39 is 0 Å². The number of nitrogens with one attached hydrogen (secondary N) is 1. The summed E-state index contributed by atoms with van der Waals surface area (Å²) in [6.07, 6.45) is 0.867. The number of halogens is 1. The fraction of sp³-hybridized carbons (Fsp3) is 0.533. The van der Waals surface area contributed by atoms with Crippen LogP contribution >= 0.6 is 0 Å². The van der Waals surface area contributed by atoms with Crippen LogP contribution in [0.15, 0.2) is 24.3 Å². The molecule has 1 fully saturated rings. The van der Waals surface area contributed by atoms with Crippen LogP contribution < -0.4 is 5.32 Å². The van der Waals surface area contributed by atoms with Crippen LogP contribution in [0, 0.1) is 11.2 Å². The van der Waals surface area contributed by atoms with Gasteiger partial charge in [0.25, 0.3) is 0 Å². The Kier molecular flexibility index (Phi) is 4.20. The van der Waals surface area contributed by atoms with Gasteiger partial charge in [0, 0.05) is 19.6 Å². The van der Waals surface area contributed by atoms with E-state index in [1.54, 1.807) is 6.07 Å². The minimum Gasteiger partial charge on any atom is -0.338 e. The Morgan fingerprint density at radius 3 is 2.89 bits per heavy atom. The molecule has 1 heterocycles. The second kappa shape index (κ2) is 5.70. The number of rotatable bonds is 4. The molecule has 1 amide bonds. The molecule has 1 atom stereocenters. The van der Waals surface area contributed by atoms with Crippen molar-refractivity contribution >= 4 is 5.91 Å². The van der Waals surface area contributed by atoms with Crippen LogP contribution in [0.5, 0.6) is 0 Å². The van der Waals surface area contributed by atoms with Crippen LogP contribution in [0.25, 0.3) is 0 Å². The Morgan fingerprint density at radius 2 is 2.32 bits per heavy atom. The zero-order valence-electron chi connectivity index (χ0n) is 11.6. The maximum Gasteiger partial charge on any atom is 0.230 e. The molecule has 1 N–H and O–H groups in total. The van der Waals surface area contributed by atoms with E-state index in [-0.39, 0.29) is 17.1 Å². The SMILES string of the molecule is CCN(Cc1cccc(F)c1)C(=O)C1(C)CCNC1. The zero-order valence-corrected chi connectivity index (χ0v) is 11.6. The first-order chi connectivity index (χ1) is 9.05. The van der Waals surface area contributed by atoms with Gasteiger partial charge in [-0.2, -0.15) is 0 Å². The summed E-state index contributed by atoms with van der Waals surface area (Å²) in [5.74, 6) is -0.0981. The third-order valence-electron chi connectivity index (χ3n) is 3.82. The third kappa shape index (κ3) is 3.13. The van der Waals surface area contributed by atoms with E-state index >= 15 is 0 Å². The highest BCUT2D eigenvalue weighted by molar-refractivity contribution is 5.83. The molecule has 0 saturated carbocycles. The first-order valence-electron chi connectivity index (χ1n) is 6.80. The van der Waals surface area contributed by atoms with Gasteiger partial charge in [0.15, 0.2) is 0 Å². The highest BCUT2D eigenvalue weighted by atomic mass is 19.1. The standard InChI is InChI=1S/C15H21FN2O/c1-3-18(10-12-5-4-6-13(16)9-12)14(19)15(2)7-8-17-11-15/h4-6,9,17H,3,7-8,10-11H2,1-2H3. The van der Waals surface area contributed by atoms with Gasteiger partial charge in [-0.25, -0.2) is 4.39 Å². The summed E-state index contributed by atoms with van der Waals surface area (Å²) in [6, 6.07) is 6.45. The maximum atomic E-state index is 13.2. The number of hydrogen-bond donors (Lipinski definition) is 1. The van der Waals surface area contributed by atoms with Crippen LogP contribution in [0.1, 0.15) is 25.8 Å². The summed E-state index contributed by atoms with van der Waals surface area (Å²) in [6.45, 7) is 6.70. The fourth-order valence-electron chi connectivity index (χ4n) is 2.56. The fourth-order valence-corrected chi connectivity index (χ4v) is 2.56. The van der Waals surface area contributed by atoms with E-state index in [0.717, 1.165) is 25.1 Å². The topological polar surface area (TPSA) is 32.3 Å². The molecule has 1 aliphatic rings.